The number of carbonyl (C=O) groups excluding carboxylic acids is 1. The molecule has 0 saturated heterocycles. The fourth-order valence-electron chi connectivity index (χ4n) is 3.62. The Morgan fingerprint density at radius 1 is 1.15 bits per heavy atom. The van der Waals surface area contributed by atoms with Gasteiger partial charge in [0.25, 0.3) is 5.91 Å². The highest BCUT2D eigenvalue weighted by Gasteiger charge is 2.33. The number of methoxy groups -OCH3 is 1. The number of nitrogen functional groups attached to an aromatic ring is 1. The predicted octanol–water partition coefficient (Wildman–Crippen LogP) is 3.89. The van der Waals surface area contributed by atoms with Crippen LogP contribution < -0.4 is 10.5 Å². The quantitative estimate of drug-likeness (QED) is 0.544. The first kappa shape index (κ1) is 22.8. The molecule has 168 valence electrons. The van der Waals surface area contributed by atoms with Crippen LogP contribution in [0.25, 0.3) is 0 Å². The SMILES string of the molecule is COc1ccc(C2CC(c3ccccc3)=NN2C(=O)CSc2nc(N)c(C#N)cc2C#N)cc1. The molecule has 0 fully saturated rings. The second-order valence-electron chi connectivity index (χ2n) is 7.43. The summed E-state index contributed by atoms with van der Waals surface area (Å²) in [5, 5.41) is 25.0. The molecule has 0 aliphatic carbocycles. The van der Waals surface area contributed by atoms with Crippen molar-refractivity contribution in [2.24, 2.45) is 5.10 Å². The van der Waals surface area contributed by atoms with Crippen LogP contribution in [0, 0.1) is 22.7 Å². The summed E-state index contributed by atoms with van der Waals surface area (Å²) in [4.78, 5) is 17.4. The van der Waals surface area contributed by atoms with Gasteiger partial charge in [-0.25, -0.2) is 9.99 Å². The Labute approximate surface area is 201 Å². The lowest BCUT2D eigenvalue weighted by Gasteiger charge is -2.22. The van der Waals surface area contributed by atoms with E-state index in [1.165, 1.54) is 11.1 Å². The first-order valence-corrected chi connectivity index (χ1v) is 11.3. The summed E-state index contributed by atoms with van der Waals surface area (Å²) in [6.45, 7) is 0. The minimum atomic E-state index is -0.274. The van der Waals surface area contributed by atoms with Crippen LogP contribution >= 0.6 is 11.8 Å². The van der Waals surface area contributed by atoms with Crippen LogP contribution in [0.2, 0.25) is 0 Å². The van der Waals surface area contributed by atoms with Crippen molar-refractivity contribution in [2.45, 2.75) is 17.5 Å². The number of benzene rings is 2. The normalized spacial score (nSPS) is 14.7. The van der Waals surface area contributed by atoms with Crippen molar-refractivity contribution in [3.63, 3.8) is 0 Å². The highest BCUT2D eigenvalue weighted by molar-refractivity contribution is 8.00. The Morgan fingerprint density at radius 2 is 1.85 bits per heavy atom. The Bertz CT molecular complexity index is 1330. The predicted molar refractivity (Wildman–Crippen MR) is 129 cm³/mol. The Kier molecular flexibility index (Phi) is 6.77. The van der Waals surface area contributed by atoms with E-state index in [1.807, 2.05) is 66.7 Å². The molecule has 8 nitrogen and oxygen atoms in total. The standard InChI is InChI=1S/C25H20N6O2S/c1-33-20-9-7-17(8-10-20)22-12-21(16-5-3-2-4-6-16)30-31(22)23(32)15-34-25-19(14-27)11-18(13-26)24(28)29-25/h2-11,22H,12,15H2,1H3,(H2,28,29). The zero-order chi connectivity index (χ0) is 24.1. The average molecular weight is 469 g/mol. The molecule has 1 aliphatic rings. The number of nitrogens with two attached hydrogens (primary N) is 1. The zero-order valence-electron chi connectivity index (χ0n) is 18.3. The fourth-order valence-corrected chi connectivity index (χ4v) is 4.43. The van der Waals surface area contributed by atoms with Gasteiger partial charge in [-0.3, -0.25) is 4.79 Å². The van der Waals surface area contributed by atoms with Gasteiger partial charge in [-0.15, -0.1) is 0 Å². The number of thioether (sulfide) groups is 1. The molecule has 1 aromatic heterocycles. The van der Waals surface area contributed by atoms with Crippen LogP contribution in [0.3, 0.4) is 0 Å². The molecular formula is C25H20N6O2S. The molecule has 9 heteroatoms. The first-order chi connectivity index (χ1) is 16.5. The molecule has 2 aromatic carbocycles. The van der Waals surface area contributed by atoms with Gasteiger partial charge < -0.3 is 10.5 Å². The monoisotopic (exact) mass is 468 g/mol. The van der Waals surface area contributed by atoms with Gasteiger partial charge in [-0.05, 0) is 29.3 Å². The van der Waals surface area contributed by atoms with Crippen molar-refractivity contribution in [3.05, 3.63) is 82.9 Å². The number of nitrogens with zero attached hydrogens (tertiary/aromatic N) is 5. The lowest BCUT2D eigenvalue weighted by Crippen LogP contribution is -2.28. The van der Waals surface area contributed by atoms with E-state index in [-0.39, 0.29) is 34.6 Å². The van der Waals surface area contributed by atoms with Crippen molar-refractivity contribution in [3.8, 4) is 17.9 Å². The van der Waals surface area contributed by atoms with Crippen LogP contribution in [0.5, 0.6) is 5.75 Å². The van der Waals surface area contributed by atoms with Crippen molar-refractivity contribution in [1.82, 2.24) is 9.99 Å². The average Bonchev–Trinajstić information content (AvgIpc) is 3.33. The van der Waals surface area contributed by atoms with Gasteiger partial charge in [0.2, 0.25) is 0 Å². The van der Waals surface area contributed by atoms with Gasteiger partial charge in [0.1, 0.15) is 28.7 Å². The minimum absolute atomic E-state index is 0.00520. The Balaban J connectivity index is 1.60. The molecule has 1 atom stereocenters. The first-order valence-electron chi connectivity index (χ1n) is 10.4. The number of amides is 1. The van der Waals surface area contributed by atoms with Crippen molar-refractivity contribution in [2.75, 3.05) is 18.6 Å². The third-order valence-electron chi connectivity index (χ3n) is 5.36. The van der Waals surface area contributed by atoms with E-state index in [2.05, 4.69) is 10.1 Å². The lowest BCUT2D eigenvalue weighted by molar-refractivity contribution is -0.130. The van der Waals surface area contributed by atoms with Gasteiger partial charge in [0, 0.05) is 6.42 Å². The summed E-state index contributed by atoms with van der Waals surface area (Å²) in [6.07, 6.45) is 0.568. The number of carbonyl (C=O) groups is 1. The summed E-state index contributed by atoms with van der Waals surface area (Å²) in [6, 6.07) is 22.3. The summed E-state index contributed by atoms with van der Waals surface area (Å²) < 4.78 is 5.26. The van der Waals surface area contributed by atoms with E-state index < -0.39 is 0 Å². The molecule has 1 unspecified atom stereocenters. The van der Waals surface area contributed by atoms with E-state index in [0.717, 1.165) is 34.3 Å². The van der Waals surface area contributed by atoms with Crippen LogP contribution in [-0.2, 0) is 4.79 Å². The topological polar surface area (TPSA) is 128 Å². The molecule has 2 heterocycles. The summed E-state index contributed by atoms with van der Waals surface area (Å²) >= 11 is 1.10. The number of aromatic nitrogens is 1. The van der Waals surface area contributed by atoms with Crippen LogP contribution in [-0.4, -0.2) is 34.5 Å². The molecule has 0 spiro atoms. The minimum Gasteiger partial charge on any atom is -0.497 e. The number of pyridine rings is 1. The lowest BCUT2D eigenvalue weighted by atomic mass is 9.98. The zero-order valence-corrected chi connectivity index (χ0v) is 19.1. The van der Waals surface area contributed by atoms with Gasteiger partial charge in [0.15, 0.2) is 0 Å². The Morgan fingerprint density at radius 3 is 2.50 bits per heavy atom. The van der Waals surface area contributed by atoms with Crippen molar-refractivity contribution < 1.29 is 9.53 Å². The molecule has 0 bridgehead atoms. The third kappa shape index (κ3) is 4.70. The van der Waals surface area contributed by atoms with Crippen LogP contribution in [0.4, 0.5) is 5.82 Å². The molecule has 2 N–H and O–H groups in total. The number of ether oxygens (including phenoxy) is 1. The second-order valence-corrected chi connectivity index (χ2v) is 8.39. The maximum Gasteiger partial charge on any atom is 0.253 e. The van der Waals surface area contributed by atoms with E-state index in [0.29, 0.717) is 11.4 Å². The van der Waals surface area contributed by atoms with Gasteiger partial charge >= 0.3 is 0 Å². The molecule has 0 radical (unpaired) electrons. The smallest absolute Gasteiger partial charge is 0.253 e. The highest BCUT2D eigenvalue weighted by atomic mass is 32.2. The maximum absolute atomic E-state index is 13.3. The van der Waals surface area contributed by atoms with E-state index in [9.17, 15) is 10.1 Å². The molecular weight excluding hydrogens is 448 g/mol. The van der Waals surface area contributed by atoms with Gasteiger partial charge in [0.05, 0.1) is 35.7 Å². The molecule has 1 amide bonds. The summed E-state index contributed by atoms with van der Waals surface area (Å²) in [7, 11) is 1.60. The molecule has 34 heavy (non-hydrogen) atoms. The maximum atomic E-state index is 13.3. The van der Waals surface area contributed by atoms with E-state index in [4.69, 9.17) is 15.7 Å². The summed E-state index contributed by atoms with van der Waals surface area (Å²) in [5.41, 5.74) is 8.84. The highest BCUT2D eigenvalue weighted by Crippen LogP contribution is 2.34. The summed E-state index contributed by atoms with van der Waals surface area (Å²) in [5.74, 6) is 0.530. The number of anilines is 1. The number of nitriles is 2. The molecule has 1 aliphatic heterocycles. The molecule has 0 saturated carbocycles. The largest absolute Gasteiger partial charge is 0.497 e. The molecule has 4 rings (SSSR count). The van der Waals surface area contributed by atoms with Crippen molar-refractivity contribution >= 4 is 29.2 Å². The van der Waals surface area contributed by atoms with Gasteiger partial charge in [-0.2, -0.15) is 15.6 Å². The number of rotatable bonds is 6. The van der Waals surface area contributed by atoms with Crippen molar-refractivity contribution in [1.29, 1.82) is 10.5 Å². The number of hydrazone groups is 1. The second kappa shape index (κ2) is 10.1. The fraction of sp³-hybridized carbons (Fsp3) is 0.160. The number of hydrogen-bond donors (Lipinski definition) is 1. The van der Waals surface area contributed by atoms with Crippen LogP contribution in [0.15, 0.2) is 70.8 Å². The van der Waals surface area contributed by atoms with E-state index in [1.54, 1.807) is 7.11 Å². The third-order valence-corrected chi connectivity index (χ3v) is 6.34. The molecule has 3 aromatic rings. The number of hydrogen-bond acceptors (Lipinski definition) is 8. The van der Waals surface area contributed by atoms with E-state index >= 15 is 0 Å². The van der Waals surface area contributed by atoms with Gasteiger partial charge in [-0.1, -0.05) is 54.2 Å². The Hall–Kier alpha value is -4.34. The van der Waals surface area contributed by atoms with Crippen LogP contribution in [0.1, 0.15) is 34.7 Å².